The third-order valence-corrected chi connectivity index (χ3v) is 4.76. The van der Waals surface area contributed by atoms with Gasteiger partial charge in [-0.05, 0) is 48.9 Å². The summed E-state index contributed by atoms with van der Waals surface area (Å²) < 4.78 is 33.1. The van der Waals surface area contributed by atoms with Crippen molar-refractivity contribution >= 4 is 37.6 Å². The third kappa shape index (κ3) is 4.70. The van der Waals surface area contributed by atoms with Gasteiger partial charge < -0.3 is 9.84 Å². The van der Waals surface area contributed by atoms with Crippen LogP contribution >= 0.6 is 15.9 Å². The number of rotatable bonds is 6. The summed E-state index contributed by atoms with van der Waals surface area (Å²) in [6.45, 7) is 1.17. The van der Waals surface area contributed by atoms with Crippen LogP contribution < -0.4 is 9.46 Å². The van der Waals surface area contributed by atoms with Crippen molar-refractivity contribution in [3.05, 3.63) is 52.5 Å². The van der Waals surface area contributed by atoms with E-state index in [2.05, 4.69) is 20.7 Å². The Kier molecular flexibility index (Phi) is 5.27. The Morgan fingerprint density at radius 3 is 2.61 bits per heavy atom. The first-order valence-electron chi connectivity index (χ1n) is 6.51. The first-order valence-corrected chi connectivity index (χ1v) is 8.79. The fourth-order valence-corrected chi connectivity index (χ4v) is 3.39. The molecule has 0 heterocycles. The third-order valence-electron chi connectivity index (χ3n) is 2.88. The molecule has 0 aliphatic carbocycles. The van der Waals surface area contributed by atoms with Crippen molar-refractivity contribution in [1.29, 1.82) is 0 Å². The van der Waals surface area contributed by atoms with Crippen LogP contribution in [0.2, 0.25) is 0 Å². The predicted molar refractivity (Wildman–Crippen MR) is 89.3 cm³/mol. The van der Waals surface area contributed by atoms with E-state index >= 15 is 0 Å². The van der Waals surface area contributed by atoms with Gasteiger partial charge in [-0.3, -0.25) is 4.72 Å². The Labute approximate surface area is 142 Å². The molecule has 0 unspecified atom stereocenters. The summed E-state index contributed by atoms with van der Waals surface area (Å²) in [5.41, 5.74) is 0.964. The van der Waals surface area contributed by atoms with E-state index in [0.29, 0.717) is 17.0 Å². The average molecular weight is 400 g/mol. The van der Waals surface area contributed by atoms with Crippen molar-refractivity contribution in [2.75, 3.05) is 11.3 Å². The lowest BCUT2D eigenvalue weighted by atomic mass is 10.2. The van der Waals surface area contributed by atoms with Crippen molar-refractivity contribution in [3.63, 3.8) is 0 Å². The van der Waals surface area contributed by atoms with Gasteiger partial charge in [0, 0.05) is 10.2 Å². The number of aryl methyl sites for hydroxylation is 1. The zero-order valence-electron chi connectivity index (χ0n) is 12.1. The molecule has 0 saturated heterocycles. The number of anilines is 1. The van der Waals surface area contributed by atoms with Gasteiger partial charge in [0.1, 0.15) is 5.75 Å². The Morgan fingerprint density at radius 1 is 1.26 bits per heavy atom. The van der Waals surface area contributed by atoms with Gasteiger partial charge in [-0.15, -0.1) is 0 Å². The molecule has 0 bridgehead atoms. The van der Waals surface area contributed by atoms with E-state index in [9.17, 15) is 13.2 Å². The highest BCUT2D eigenvalue weighted by atomic mass is 79.9. The van der Waals surface area contributed by atoms with Crippen molar-refractivity contribution in [2.24, 2.45) is 0 Å². The molecule has 2 rings (SSSR count). The molecule has 23 heavy (non-hydrogen) atoms. The second kappa shape index (κ2) is 7.01. The second-order valence-electron chi connectivity index (χ2n) is 4.73. The molecule has 8 heteroatoms. The van der Waals surface area contributed by atoms with Crippen LogP contribution in [0, 0.1) is 6.92 Å². The first kappa shape index (κ1) is 17.3. The summed E-state index contributed by atoms with van der Waals surface area (Å²) >= 11 is 3.28. The zero-order chi connectivity index (χ0) is 17.0. The maximum Gasteiger partial charge on any atom is 0.341 e. The lowest BCUT2D eigenvalue weighted by Crippen LogP contribution is -2.14. The Hall–Kier alpha value is -2.06. The van der Waals surface area contributed by atoms with Gasteiger partial charge in [-0.2, -0.15) is 0 Å². The first-order chi connectivity index (χ1) is 10.8. The molecular formula is C15H14BrNO5S. The molecule has 0 aliphatic heterocycles. The number of carboxylic acid groups (broad SMARTS) is 1. The van der Waals surface area contributed by atoms with E-state index in [0.717, 1.165) is 4.47 Å². The highest BCUT2D eigenvalue weighted by Gasteiger charge is 2.16. The lowest BCUT2D eigenvalue weighted by Gasteiger charge is -2.11. The van der Waals surface area contributed by atoms with E-state index in [4.69, 9.17) is 9.84 Å². The number of benzene rings is 2. The summed E-state index contributed by atoms with van der Waals surface area (Å²) in [7, 11) is -3.74. The topological polar surface area (TPSA) is 92.7 Å². The number of hydrogen-bond acceptors (Lipinski definition) is 4. The summed E-state index contributed by atoms with van der Waals surface area (Å²) in [6.07, 6.45) is 0. The Balaban J connectivity index is 2.23. The summed E-state index contributed by atoms with van der Waals surface area (Å²) in [5.74, 6) is -0.772. The molecule has 122 valence electrons. The summed E-state index contributed by atoms with van der Waals surface area (Å²) in [5, 5.41) is 8.60. The van der Waals surface area contributed by atoms with Gasteiger partial charge >= 0.3 is 5.97 Å². The minimum absolute atomic E-state index is 0.0673. The Morgan fingerprint density at radius 2 is 2.00 bits per heavy atom. The van der Waals surface area contributed by atoms with Gasteiger partial charge in [0.25, 0.3) is 10.0 Å². The zero-order valence-corrected chi connectivity index (χ0v) is 14.5. The van der Waals surface area contributed by atoms with Crippen LogP contribution in [0.4, 0.5) is 5.69 Å². The molecule has 2 N–H and O–H groups in total. The van der Waals surface area contributed by atoms with Crippen LogP contribution in [0.25, 0.3) is 0 Å². The van der Waals surface area contributed by atoms with Crippen LogP contribution in [0.5, 0.6) is 5.75 Å². The standard InChI is InChI=1S/C15H14BrNO5S/c1-10-7-13(5-6-14(10)22-9-15(18)19)23(20,21)17-12-4-2-3-11(16)8-12/h2-8,17H,9H2,1H3,(H,18,19). The second-order valence-corrected chi connectivity index (χ2v) is 7.32. The number of halogens is 1. The molecule has 0 radical (unpaired) electrons. The fourth-order valence-electron chi connectivity index (χ4n) is 1.86. The molecule has 0 aromatic heterocycles. The number of ether oxygens (including phenoxy) is 1. The molecule has 0 saturated carbocycles. The van der Waals surface area contributed by atoms with Crippen LogP contribution in [0.3, 0.4) is 0 Å². The van der Waals surface area contributed by atoms with E-state index < -0.39 is 22.6 Å². The van der Waals surface area contributed by atoms with E-state index in [1.165, 1.54) is 18.2 Å². The quantitative estimate of drug-likeness (QED) is 0.778. The van der Waals surface area contributed by atoms with Crippen molar-refractivity contribution in [2.45, 2.75) is 11.8 Å². The highest BCUT2D eigenvalue weighted by Crippen LogP contribution is 2.24. The van der Waals surface area contributed by atoms with E-state index in [1.807, 2.05) is 0 Å². The maximum atomic E-state index is 12.4. The normalized spacial score (nSPS) is 11.0. The molecule has 2 aromatic carbocycles. The monoisotopic (exact) mass is 399 g/mol. The number of carboxylic acids is 1. The van der Waals surface area contributed by atoms with Crippen molar-refractivity contribution in [3.8, 4) is 5.75 Å². The SMILES string of the molecule is Cc1cc(S(=O)(=O)Nc2cccc(Br)c2)ccc1OCC(=O)O. The number of sulfonamides is 1. The molecule has 2 aromatic rings. The van der Waals surface area contributed by atoms with E-state index in [1.54, 1.807) is 31.2 Å². The van der Waals surface area contributed by atoms with Crippen LogP contribution in [0.15, 0.2) is 51.8 Å². The number of carbonyl (C=O) groups is 1. The van der Waals surface area contributed by atoms with Crippen LogP contribution in [-0.4, -0.2) is 26.1 Å². The molecular weight excluding hydrogens is 386 g/mol. The Bertz CT molecular complexity index is 836. The number of nitrogens with one attached hydrogen (secondary N) is 1. The maximum absolute atomic E-state index is 12.4. The molecule has 0 aliphatic rings. The van der Waals surface area contributed by atoms with Crippen molar-refractivity contribution in [1.82, 2.24) is 0 Å². The van der Waals surface area contributed by atoms with Gasteiger partial charge in [0.15, 0.2) is 6.61 Å². The van der Waals surface area contributed by atoms with Crippen LogP contribution in [0.1, 0.15) is 5.56 Å². The molecule has 0 atom stereocenters. The van der Waals surface area contributed by atoms with Gasteiger partial charge in [-0.1, -0.05) is 22.0 Å². The largest absolute Gasteiger partial charge is 0.482 e. The highest BCUT2D eigenvalue weighted by molar-refractivity contribution is 9.10. The van der Waals surface area contributed by atoms with Gasteiger partial charge in [0.05, 0.1) is 4.90 Å². The average Bonchev–Trinajstić information content (AvgIpc) is 2.45. The smallest absolute Gasteiger partial charge is 0.341 e. The number of aliphatic carboxylic acids is 1. The molecule has 0 amide bonds. The minimum Gasteiger partial charge on any atom is -0.482 e. The molecule has 6 nitrogen and oxygen atoms in total. The summed E-state index contributed by atoms with van der Waals surface area (Å²) in [6, 6.07) is 11.0. The van der Waals surface area contributed by atoms with E-state index in [-0.39, 0.29) is 4.90 Å². The van der Waals surface area contributed by atoms with Crippen LogP contribution in [-0.2, 0) is 14.8 Å². The van der Waals surface area contributed by atoms with Crippen molar-refractivity contribution < 1.29 is 23.1 Å². The number of hydrogen-bond donors (Lipinski definition) is 2. The minimum atomic E-state index is -3.74. The fraction of sp³-hybridized carbons (Fsp3) is 0.133. The van der Waals surface area contributed by atoms with Gasteiger partial charge in [0.2, 0.25) is 0 Å². The lowest BCUT2D eigenvalue weighted by molar-refractivity contribution is -0.139. The molecule has 0 spiro atoms. The predicted octanol–water partition coefficient (Wildman–Crippen LogP) is 3.02. The summed E-state index contributed by atoms with van der Waals surface area (Å²) in [4.78, 5) is 10.6. The van der Waals surface area contributed by atoms with Gasteiger partial charge in [-0.25, -0.2) is 13.2 Å². The molecule has 0 fully saturated rings.